The van der Waals surface area contributed by atoms with Gasteiger partial charge >= 0.3 is 0 Å². The van der Waals surface area contributed by atoms with E-state index in [0.29, 0.717) is 11.5 Å². The van der Waals surface area contributed by atoms with Crippen molar-refractivity contribution in [2.75, 3.05) is 0 Å². The first-order valence-electron chi connectivity index (χ1n) is 5.01. The maximum absolute atomic E-state index is 5.17. The molecule has 0 atom stereocenters. The molecule has 14 heavy (non-hydrogen) atoms. The van der Waals surface area contributed by atoms with E-state index in [2.05, 4.69) is 35.1 Å². The van der Waals surface area contributed by atoms with Crippen molar-refractivity contribution in [1.29, 1.82) is 0 Å². The number of halogens is 1. The van der Waals surface area contributed by atoms with Crippen molar-refractivity contribution in [3.8, 4) is 0 Å². The SMILES string of the molecule is CC1(C)CC(NCc2coc(Br)c2)C1. The standard InChI is InChI=1S/C11H16BrNO/c1-11(2)4-9(5-11)13-6-8-3-10(12)14-7-8/h3,7,9,13H,4-6H2,1-2H3. The van der Waals surface area contributed by atoms with Crippen molar-refractivity contribution in [1.82, 2.24) is 5.32 Å². The minimum atomic E-state index is 0.550. The fourth-order valence-electron chi connectivity index (χ4n) is 2.12. The topological polar surface area (TPSA) is 25.2 Å². The summed E-state index contributed by atoms with van der Waals surface area (Å²) < 4.78 is 5.97. The number of hydrogen-bond acceptors (Lipinski definition) is 2. The van der Waals surface area contributed by atoms with Gasteiger partial charge in [-0.2, -0.15) is 0 Å². The van der Waals surface area contributed by atoms with Gasteiger partial charge in [0.2, 0.25) is 0 Å². The van der Waals surface area contributed by atoms with Crippen LogP contribution in [0.4, 0.5) is 0 Å². The molecule has 1 heterocycles. The number of hydrogen-bond donors (Lipinski definition) is 1. The molecule has 1 aliphatic rings. The normalized spacial score (nSPS) is 20.8. The van der Waals surface area contributed by atoms with Crippen LogP contribution in [0.25, 0.3) is 0 Å². The highest BCUT2D eigenvalue weighted by molar-refractivity contribution is 9.10. The maximum Gasteiger partial charge on any atom is 0.169 e. The van der Waals surface area contributed by atoms with Crippen molar-refractivity contribution in [3.63, 3.8) is 0 Å². The molecule has 1 aliphatic carbocycles. The lowest BCUT2D eigenvalue weighted by molar-refractivity contribution is 0.125. The first-order valence-corrected chi connectivity index (χ1v) is 5.81. The van der Waals surface area contributed by atoms with Crippen LogP contribution in [0.1, 0.15) is 32.3 Å². The van der Waals surface area contributed by atoms with Gasteiger partial charge < -0.3 is 9.73 Å². The van der Waals surface area contributed by atoms with Crippen LogP contribution in [0, 0.1) is 5.41 Å². The third-order valence-electron chi connectivity index (χ3n) is 2.81. The Morgan fingerprint density at radius 1 is 1.57 bits per heavy atom. The summed E-state index contributed by atoms with van der Waals surface area (Å²) in [6.45, 7) is 5.55. The first-order chi connectivity index (χ1) is 6.55. The van der Waals surface area contributed by atoms with Gasteiger partial charge in [-0.25, -0.2) is 0 Å². The molecular formula is C11H16BrNO. The van der Waals surface area contributed by atoms with Crippen molar-refractivity contribution in [2.45, 2.75) is 39.3 Å². The summed E-state index contributed by atoms with van der Waals surface area (Å²) in [5.74, 6) is 0. The van der Waals surface area contributed by atoms with Crippen LogP contribution in [0.3, 0.4) is 0 Å². The van der Waals surface area contributed by atoms with Gasteiger partial charge in [0.25, 0.3) is 0 Å². The van der Waals surface area contributed by atoms with Crippen LogP contribution in [0.15, 0.2) is 21.4 Å². The second-order valence-corrected chi connectivity index (χ2v) is 5.69. The molecule has 0 saturated heterocycles. The number of furan rings is 1. The minimum Gasteiger partial charge on any atom is -0.457 e. The van der Waals surface area contributed by atoms with Crippen LogP contribution >= 0.6 is 15.9 Å². The van der Waals surface area contributed by atoms with Gasteiger partial charge in [-0.3, -0.25) is 0 Å². The average Bonchev–Trinajstić information content (AvgIpc) is 2.44. The van der Waals surface area contributed by atoms with Gasteiger partial charge in [0, 0.05) is 18.2 Å². The summed E-state index contributed by atoms with van der Waals surface area (Å²) in [6, 6.07) is 2.70. The van der Waals surface area contributed by atoms with Gasteiger partial charge in [0.1, 0.15) is 0 Å². The van der Waals surface area contributed by atoms with Gasteiger partial charge in [-0.1, -0.05) is 13.8 Å². The Balaban J connectivity index is 1.74. The second kappa shape index (κ2) is 3.70. The molecule has 1 aromatic heterocycles. The highest BCUT2D eigenvalue weighted by atomic mass is 79.9. The predicted molar refractivity (Wildman–Crippen MR) is 60.1 cm³/mol. The quantitative estimate of drug-likeness (QED) is 0.899. The molecule has 0 spiro atoms. The van der Waals surface area contributed by atoms with Crippen LogP contribution in [-0.4, -0.2) is 6.04 Å². The van der Waals surface area contributed by atoms with E-state index >= 15 is 0 Å². The zero-order valence-corrected chi connectivity index (χ0v) is 10.2. The van der Waals surface area contributed by atoms with E-state index in [0.717, 1.165) is 11.2 Å². The van der Waals surface area contributed by atoms with Crippen molar-refractivity contribution in [2.24, 2.45) is 5.41 Å². The van der Waals surface area contributed by atoms with Gasteiger partial charge in [0.05, 0.1) is 6.26 Å². The number of rotatable bonds is 3. The maximum atomic E-state index is 5.17. The average molecular weight is 258 g/mol. The summed E-state index contributed by atoms with van der Waals surface area (Å²) in [6.07, 6.45) is 4.36. The molecule has 1 saturated carbocycles. The molecule has 0 aliphatic heterocycles. The molecule has 2 rings (SSSR count). The van der Waals surface area contributed by atoms with E-state index in [1.54, 1.807) is 6.26 Å². The molecule has 3 heteroatoms. The summed E-state index contributed by atoms with van der Waals surface area (Å²) in [4.78, 5) is 0. The fraction of sp³-hybridized carbons (Fsp3) is 0.636. The van der Waals surface area contributed by atoms with Crippen LogP contribution < -0.4 is 5.32 Å². The minimum absolute atomic E-state index is 0.550. The summed E-state index contributed by atoms with van der Waals surface area (Å²) in [7, 11) is 0. The molecule has 1 N–H and O–H groups in total. The molecule has 0 radical (unpaired) electrons. The van der Waals surface area contributed by atoms with Crippen molar-refractivity contribution < 1.29 is 4.42 Å². The molecule has 78 valence electrons. The summed E-state index contributed by atoms with van der Waals surface area (Å²) in [5, 5.41) is 3.52. The molecule has 1 aromatic rings. The van der Waals surface area contributed by atoms with E-state index in [1.165, 1.54) is 18.4 Å². The Kier molecular flexibility index (Phi) is 2.71. The highest BCUT2D eigenvalue weighted by Crippen LogP contribution is 2.39. The predicted octanol–water partition coefficient (Wildman–Crippen LogP) is 3.32. The van der Waals surface area contributed by atoms with E-state index in [-0.39, 0.29) is 0 Å². The lowest BCUT2D eigenvalue weighted by atomic mass is 9.68. The summed E-state index contributed by atoms with van der Waals surface area (Å²) >= 11 is 3.29. The Hall–Kier alpha value is -0.280. The summed E-state index contributed by atoms with van der Waals surface area (Å²) in [5.41, 5.74) is 1.76. The lowest BCUT2D eigenvalue weighted by Crippen LogP contribution is -2.45. The lowest BCUT2D eigenvalue weighted by Gasteiger charge is -2.43. The van der Waals surface area contributed by atoms with Gasteiger partial charge in [-0.05, 0) is 40.3 Å². The molecule has 0 amide bonds. The zero-order chi connectivity index (χ0) is 10.2. The smallest absolute Gasteiger partial charge is 0.169 e. The Morgan fingerprint density at radius 3 is 2.79 bits per heavy atom. The monoisotopic (exact) mass is 257 g/mol. The Labute approximate surface area is 93.2 Å². The molecule has 0 unspecified atom stereocenters. The van der Waals surface area contributed by atoms with Crippen molar-refractivity contribution in [3.05, 3.63) is 22.6 Å². The molecule has 0 aromatic carbocycles. The largest absolute Gasteiger partial charge is 0.457 e. The van der Waals surface area contributed by atoms with E-state index < -0.39 is 0 Å². The second-order valence-electron chi connectivity index (χ2n) is 4.91. The third kappa shape index (κ3) is 2.39. The highest BCUT2D eigenvalue weighted by Gasteiger charge is 2.35. The third-order valence-corrected chi connectivity index (χ3v) is 3.23. The van der Waals surface area contributed by atoms with Crippen LogP contribution in [0.5, 0.6) is 0 Å². The van der Waals surface area contributed by atoms with E-state index in [9.17, 15) is 0 Å². The zero-order valence-electron chi connectivity index (χ0n) is 8.64. The van der Waals surface area contributed by atoms with Crippen LogP contribution in [-0.2, 0) is 6.54 Å². The van der Waals surface area contributed by atoms with Gasteiger partial charge in [0.15, 0.2) is 4.67 Å². The van der Waals surface area contributed by atoms with E-state index in [4.69, 9.17) is 4.42 Å². The Bertz CT molecular complexity index is 311. The Morgan fingerprint density at radius 2 is 2.29 bits per heavy atom. The molecule has 1 fully saturated rings. The van der Waals surface area contributed by atoms with Crippen molar-refractivity contribution >= 4 is 15.9 Å². The molecular weight excluding hydrogens is 242 g/mol. The first kappa shape index (κ1) is 10.2. The van der Waals surface area contributed by atoms with Gasteiger partial charge in [-0.15, -0.1) is 0 Å². The van der Waals surface area contributed by atoms with E-state index in [1.807, 2.05) is 6.07 Å². The molecule has 2 nitrogen and oxygen atoms in total. The number of nitrogens with one attached hydrogen (secondary N) is 1. The fourth-order valence-corrected chi connectivity index (χ4v) is 2.51. The van der Waals surface area contributed by atoms with Crippen LogP contribution in [0.2, 0.25) is 0 Å². The molecule has 0 bridgehead atoms.